The quantitative estimate of drug-likeness (QED) is 0.849. The lowest BCUT2D eigenvalue weighted by molar-refractivity contribution is 0.400. The van der Waals surface area contributed by atoms with Crippen LogP contribution in [-0.2, 0) is 13.0 Å². The minimum atomic E-state index is 0.515. The third-order valence-corrected chi connectivity index (χ3v) is 3.97. The molecule has 15 heavy (non-hydrogen) atoms. The summed E-state index contributed by atoms with van der Waals surface area (Å²) in [6.45, 7) is 1.70. The van der Waals surface area contributed by atoms with Gasteiger partial charge in [0.1, 0.15) is 5.01 Å². The van der Waals surface area contributed by atoms with Gasteiger partial charge >= 0.3 is 0 Å². The minimum absolute atomic E-state index is 0.515. The summed E-state index contributed by atoms with van der Waals surface area (Å²) < 4.78 is 0. The monoisotopic (exact) mass is 225 g/mol. The van der Waals surface area contributed by atoms with Crippen LogP contribution in [0.2, 0.25) is 0 Å². The van der Waals surface area contributed by atoms with Crippen LogP contribution in [0, 0.1) is 0 Å². The Bertz CT molecular complexity index is 333. The molecule has 2 rings (SSSR count). The minimum Gasteiger partial charge on any atom is -0.330 e. The van der Waals surface area contributed by atoms with Crippen LogP contribution >= 0.6 is 11.3 Å². The van der Waals surface area contributed by atoms with Crippen LogP contribution in [0.15, 0.2) is 0 Å². The molecule has 1 atom stereocenters. The molecule has 3 nitrogen and oxygen atoms in total. The first kappa shape index (κ1) is 11.0. The Labute approximate surface area is 95.3 Å². The Hall–Kier alpha value is -0.450. The highest BCUT2D eigenvalue weighted by Gasteiger charge is 2.23. The van der Waals surface area contributed by atoms with Crippen molar-refractivity contribution in [3.8, 4) is 0 Å². The molecule has 0 spiro atoms. The number of aryl methyl sites for hydroxylation is 1. The summed E-state index contributed by atoms with van der Waals surface area (Å²) in [4.78, 5) is 8.39. The van der Waals surface area contributed by atoms with Crippen molar-refractivity contribution in [3.05, 3.63) is 15.6 Å². The molecule has 0 aromatic carbocycles. The van der Waals surface area contributed by atoms with Gasteiger partial charge in [-0.05, 0) is 33.4 Å². The predicted molar refractivity (Wildman–Crippen MR) is 64.2 cm³/mol. The van der Waals surface area contributed by atoms with Gasteiger partial charge in [-0.15, -0.1) is 11.3 Å². The highest BCUT2D eigenvalue weighted by Crippen LogP contribution is 2.34. The number of aromatic nitrogens is 1. The fourth-order valence-electron chi connectivity index (χ4n) is 2.13. The standard InChI is InChI=1S/C11H19N3S/c1-14(2)7-10-13-11-8(6-12)4-3-5-9(11)15-10/h8H,3-7,12H2,1-2H3. The number of nitrogens with two attached hydrogens (primary N) is 1. The number of thiazole rings is 1. The first-order valence-corrected chi connectivity index (χ1v) is 6.35. The van der Waals surface area contributed by atoms with Gasteiger partial charge < -0.3 is 10.6 Å². The molecule has 1 aliphatic rings. The summed E-state index contributed by atoms with van der Waals surface area (Å²) in [6, 6.07) is 0. The smallest absolute Gasteiger partial charge is 0.107 e. The maximum atomic E-state index is 5.78. The first-order chi connectivity index (χ1) is 7.20. The van der Waals surface area contributed by atoms with Gasteiger partial charge in [-0.3, -0.25) is 0 Å². The van der Waals surface area contributed by atoms with E-state index in [4.69, 9.17) is 10.7 Å². The molecule has 0 saturated heterocycles. The lowest BCUT2D eigenvalue weighted by atomic mass is 9.91. The molecule has 84 valence electrons. The second-order valence-electron chi connectivity index (χ2n) is 4.48. The van der Waals surface area contributed by atoms with Crippen molar-refractivity contribution in [2.75, 3.05) is 20.6 Å². The highest BCUT2D eigenvalue weighted by molar-refractivity contribution is 7.11. The molecular formula is C11H19N3S. The molecule has 0 aliphatic heterocycles. The Morgan fingerprint density at radius 3 is 3.00 bits per heavy atom. The maximum Gasteiger partial charge on any atom is 0.107 e. The van der Waals surface area contributed by atoms with E-state index in [0.717, 1.165) is 13.1 Å². The zero-order valence-electron chi connectivity index (χ0n) is 9.49. The zero-order chi connectivity index (χ0) is 10.8. The molecule has 2 N–H and O–H groups in total. The third kappa shape index (κ3) is 2.38. The van der Waals surface area contributed by atoms with Crippen LogP contribution in [0.25, 0.3) is 0 Å². The Balaban J connectivity index is 2.21. The average Bonchev–Trinajstić information content (AvgIpc) is 2.58. The fourth-order valence-corrected chi connectivity index (χ4v) is 3.44. The normalized spacial score (nSPS) is 20.7. The number of hydrogen-bond donors (Lipinski definition) is 1. The van der Waals surface area contributed by atoms with Gasteiger partial charge in [-0.2, -0.15) is 0 Å². The zero-order valence-corrected chi connectivity index (χ0v) is 10.3. The molecule has 0 fully saturated rings. The van der Waals surface area contributed by atoms with Gasteiger partial charge in [-0.25, -0.2) is 4.98 Å². The molecule has 0 amide bonds. The van der Waals surface area contributed by atoms with E-state index < -0.39 is 0 Å². The molecule has 0 bridgehead atoms. The predicted octanol–water partition coefficient (Wildman–Crippen LogP) is 1.58. The summed E-state index contributed by atoms with van der Waals surface area (Å²) in [6.07, 6.45) is 3.70. The van der Waals surface area contributed by atoms with Gasteiger partial charge in [0.05, 0.1) is 5.69 Å². The van der Waals surface area contributed by atoms with Crippen molar-refractivity contribution in [2.24, 2.45) is 5.73 Å². The topological polar surface area (TPSA) is 42.2 Å². The van der Waals surface area contributed by atoms with Gasteiger partial charge in [0.25, 0.3) is 0 Å². The van der Waals surface area contributed by atoms with Crippen LogP contribution < -0.4 is 5.73 Å². The second kappa shape index (κ2) is 4.60. The van der Waals surface area contributed by atoms with E-state index in [9.17, 15) is 0 Å². The highest BCUT2D eigenvalue weighted by atomic mass is 32.1. The molecule has 1 aromatic heterocycles. The fraction of sp³-hybridized carbons (Fsp3) is 0.727. The lowest BCUT2D eigenvalue weighted by Crippen LogP contribution is -2.17. The Kier molecular flexibility index (Phi) is 3.38. The molecule has 1 aromatic rings. The van der Waals surface area contributed by atoms with Gasteiger partial charge in [-0.1, -0.05) is 0 Å². The van der Waals surface area contributed by atoms with Crippen molar-refractivity contribution >= 4 is 11.3 Å². The maximum absolute atomic E-state index is 5.78. The Morgan fingerprint density at radius 1 is 1.53 bits per heavy atom. The summed E-state index contributed by atoms with van der Waals surface area (Å²) >= 11 is 1.87. The number of fused-ring (bicyclic) bond motifs is 1. The van der Waals surface area contributed by atoms with E-state index in [2.05, 4.69) is 19.0 Å². The van der Waals surface area contributed by atoms with E-state index in [1.807, 2.05) is 11.3 Å². The summed E-state index contributed by atoms with van der Waals surface area (Å²) in [5, 5.41) is 1.24. The van der Waals surface area contributed by atoms with E-state index >= 15 is 0 Å². The number of hydrogen-bond acceptors (Lipinski definition) is 4. The van der Waals surface area contributed by atoms with E-state index in [-0.39, 0.29) is 0 Å². The van der Waals surface area contributed by atoms with E-state index in [1.54, 1.807) is 0 Å². The summed E-state index contributed by atoms with van der Waals surface area (Å²) in [5.41, 5.74) is 7.08. The van der Waals surface area contributed by atoms with E-state index in [0.29, 0.717) is 5.92 Å². The molecule has 0 saturated carbocycles. The number of rotatable bonds is 3. The number of nitrogens with zero attached hydrogens (tertiary/aromatic N) is 2. The van der Waals surface area contributed by atoms with Crippen molar-refractivity contribution in [3.63, 3.8) is 0 Å². The average molecular weight is 225 g/mol. The summed E-state index contributed by atoms with van der Waals surface area (Å²) in [5.74, 6) is 0.515. The molecule has 1 unspecified atom stereocenters. The van der Waals surface area contributed by atoms with Crippen molar-refractivity contribution in [1.82, 2.24) is 9.88 Å². The van der Waals surface area contributed by atoms with Crippen LogP contribution in [0.5, 0.6) is 0 Å². The second-order valence-corrected chi connectivity index (χ2v) is 5.65. The van der Waals surface area contributed by atoms with Crippen LogP contribution in [0.1, 0.15) is 34.3 Å². The van der Waals surface area contributed by atoms with Crippen LogP contribution in [0.3, 0.4) is 0 Å². The molecule has 0 radical (unpaired) electrons. The SMILES string of the molecule is CN(C)Cc1nc2c(s1)CCCC2CN. The van der Waals surface area contributed by atoms with Crippen LogP contribution in [-0.4, -0.2) is 30.5 Å². The van der Waals surface area contributed by atoms with Gasteiger partial charge in [0, 0.05) is 23.9 Å². The largest absolute Gasteiger partial charge is 0.330 e. The third-order valence-electron chi connectivity index (χ3n) is 2.85. The Morgan fingerprint density at radius 2 is 2.33 bits per heavy atom. The molecule has 4 heteroatoms. The van der Waals surface area contributed by atoms with Crippen molar-refractivity contribution in [1.29, 1.82) is 0 Å². The first-order valence-electron chi connectivity index (χ1n) is 5.54. The van der Waals surface area contributed by atoms with Crippen LogP contribution in [0.4, 0.5) is 0 Å². The lowest BCUT2D eigenvalue weighted by Gasteiger charge is -2.18. The summed E-state index contributed by atoms with van der Waals surface area (Å²) in [7, 11) is 4.17. The molecule has 1 aliphatic carbocycles. The van der Waals surface area contributed by atoms with Gasteiger partial charge in [0.2, 0.25) is 0 Å². The van der Waals surface area contributed by atoms with Crippen molar-refractivity contribution in [2.45, 2.75) is 31.7 Å². The van der Waals surface area contributed by atoms with Crippen molar-refractivity contribution < 1.29 is 0 Å². The van der Waals surface area contributed by atoms with E-state index in [1.165, 1.54) is 34.8 Å². The van der Waals surface area contributed by atoms with Gasteiger partial charge in [0.15, 0.2) is 0 Å². The molecule has 1 heterocycles. The molecular weight excluding hydrogens is 206 g/mol.